The summed E-state index contributed by atoms with van der Waals surface area (Å²) in [7, 11) is 0. The van der Waals surface area contributed by atoms with E-state index in [0.29, 0.717) is 23.0 Å². The SMILES string of the molecule is NC1CCC(c2cccc(Cl)c2Cl)CNC1=O. The van der Waals surface area contributed by atoms with E-state index in [1.165, 1.54) is 0 Å². The van der Waals surface area contributed by atoms with Crippen LogP contribution in [0.2, 0.25) is 10.0 Å². The molecule has 1 aromatic carbocycles. The first-order valence-corrected chi connectivity index (χ1v) is 6.32. The predicted octanol–water partition coefficient (Wildman–Crippen LogP) is 2.31. The van der Waals surface area contributed by atoms with Crippen molar-refractivity contribution in [2.24, 2.45) is 5.73 Å². The minimum absolute atomic E-state index is 0.0920. The minimum Gasteiger partial charge on any atom is -0.354 e. The Morgan fingerprint density at radius 2 is 2.06 bits per heavy atom. The van der Waals surface area contributed by atoms with E-state index in [9.17, 15) is 4.79 Å². The highest BCUT2D eigenvalue weighted by Gasteiger charge is 2.24. The van der Waals surface area contributed by atoms with Gasteiger partial charge in [-0.1, -0.05) is 35.3 Å². The first-order valence-electron chi connectivity index (χ1n) is 5.57. The summed E-state index contributed by atoms with van der Waals surface area (Å²) in [5, 5.41) is 3.94. The molecule has 1 aromatic rings. The molecule has 0 aliphatic carbocycles. The summed E-state index contributed by atoms with van der Waals surface area (Å²) in [4.78, 5) is 11.4. The number of halogens is 2. The molecule has 3 N–H and O–H groups in total. The van der Waals surface area contributed by atoms with Gasteiger partial charge in [-0.15, -0.1) is 0 Å². The quantitative estimate of drug-likeness (QED) is 0.825. The lowest BCUT2D eigenvalue weighted by Crippen LogP contribution is -2.38. The molecule has 0 aromatic heterocycles. The average molecular weight is 273 g/mol. The molecule has 0 bridgehead atoms. The number of amides is 1. The van der Waals surface area contributed by atoms with Crippen molar-refractivity contribution >= 4 is 29.1 Å². The van der Waals surface area contributed by atoms with E-state index < -0.39 is 6.04 Å². The third-order valence-electron chi connectivity index (χ3n) is 3.11. The van der Waals surface area contributed by atoms with E-state index in [4.69, 9.17) is 28.9 Å². The van der Waals surface area contributed by atoms with E-state index in [1.54, 1.807) is 6.07 Å². The summed E-state index contributed by atoms with van der Waals surface area (Å²) in [5.74, 6) is 0.0874. The summed E-state index contributed by atoms with van der Waals surface area (Å²) >= 11 is 12.2. The van der Waals surface area contributed by atoms with Crippen LogP contribution < -0.4 is 11.1 Å². The molecule has 0 radical (unpaired) electrons. The van der Waals surface area contributed by atoms with Gasteiger partial charge in [0, 0.05) is 12.5 Å². The number of rotatable bonds is 1. The molecule has 3 nitrogen and oxygen atoms in total. The highest BCUT2D eigenvalue weighted by atomic mass is 35.5. The van der Waals surface area contributed by atoms with Crippen LogP contribution in [0.15, 0.2) is 18.2 Å². The van der Waals surface area contributed by atoms with Gasteiger partial charge in [-0.2, -0.15) is 0 Å². The van der Waals surface area contributed by atoms with E-state index in [0.717, 1.165) is 12.0 Å². The Kier molecular flexibility index (Phi) is 3.92. The van der Waals surface area contributed by atoms with E-state index in [2.05, 4.69) is 5.32 Å². The van der Waals surface area contributed by atoms with Crippen LogP contribution >= 0.6 is 23.2 Å². The second-order valence-corrected chi connectivity index (χ2v) is 5.05. The van der Waals surface area contributed by atoms with Gasteiger partial charge in [0.05, 0.1) is 16.1 Å². The molecule has 1 saturated heterocycles. The van der Waals surface area contributed by atoms with Gasteiger partial charge in [0.25, 0.3) is 0 Å². The fourth-order valence-electron chi connectivity index (χ4n) is 2.07. The van der Waals surface area contributed by atoms with Gasteiger partial charge in [0.15, 0.2) is 0 Å². The summed E-state index contributed by atoms with van der Waals surface area (Å²) in [6.07, 6.45) is 1.50. The van der Waals surface area contributed by atoms with Crippen molar-refractivity contribution in [3.05, 3.63) is 33.8 Å². The predicted molar refractivity (Wildman–Crippen MR) is 69.4 cm³/mol. The van der Waals surface area contributed by atoms with Crippen LogP contribution in [-0.2, 0) is 4.79 Å². The summed E-state index contributed by atoms with van der Waals surface area (Å²) in [6, 6.07) is 5.16. The van der Waals surface area contributed by atoms with E-state index in [-0.39, 0.29) is 11.8 Å². The summed E-state index contributed by atoms with van der Waals surface area (Å²) in [5.41, 5.74) is 6.70. The number of hydrogen-bond acceptors (Lipinski definition) is 2. The van der Waals surface area contributed by atoms with Gasteiger partial charge in [-0.25, -0.2) is 0 Å². The van der Waals surface area contributed by atoms with Crippen molar-refractivity contribution in [1.29, 1.82) is 0 Å². The Morgan fingerprint density at radius 1 is 1.29 bits per heavy atom. The molecule has 92 valence electrons. The number of carbonyl (C=O) groups excluding carboxylic acids is 1. The second-order valence-electron chi connectivity index (χ2n) is 4.27. The van der Waals surface area contributed by atoms with E-state index >= 15 is 0 Å². The van der Waals surface area contributed by atoms with Gasteiger partial charge in [0.1, 0.15) is 0 Å². The fraction of sp³-hybridized carbons (Fsp3) is 0.417. The maximum Gasteiger partial charge on any atom is 0.236 e. The lowest BCUT2D eigenvalue weighted by atomic mass is 9.94. The van der Waals surface area contributed by atoms with Gasteiger partial charge >= 0.3 is 0 Å². The summed E-state index contributed by atoms with van der Waals surface area (Å²) < 4.78 is 0. The molecule has 17 heavy (non-hydrogen) atoms. The molecular weight excluding hydrogens is 259 g/mol. The zero-order valence-electron chi connectivity index (χ0n) is 9.25. The Morgan fingerprint density at radius 3 is 2.82 bits per heavy atom. The van der Waals surface area contributed by atoms with Crippen molar-refractivity contribution < 1.29 is 4.79 Å². The average Bonchev–Trinajstić information content (AvgIpc) is 2.47. The lowest BCUT2D eigenvalue weighted by Gasteiger charge is -2.16. The van der Waals surface area contributed by atoms with Crippen LogP contribution in [-0.4, -0.2) is 18.5 Å². The van der Waals surface area contributed by atoms with Crippen molar-refractivity contribution in [2.45, 2.75) is 24.8 Å². The standard InChI is InChI=1S/C12H14Cl2N2O/c13-9-3-1-2-8(11(9)14)7-4-5-10(15)12(17)16-6-7/h1-3,7,10H,4-6,15H2,(H,16,17). The third kappa shape index (κ3) is 2.73. The molecule has 0 spiro atoms. The number of benzene rings is 1. The Hall–Kier alpha value is -0.770. The van der Waals surface area contributed by atoms with Crippen molar-refractivity contribution in [2.75, 3.05) is 6.54 Å². The molecule has 1 heterocycles. The first-order chi connectivity index (χ1) is 8.09. The normalized spacial score (nSPS) is 25.2. The van der Waals surface area contributed by atoms with Crippen molar-refractivity contribution in [1.82, 2.24) is 5.32 Å². The number of hydrogen-bond donors (Lipinski definition) is 2. The van der Waals surface area contributed by atoms with Gasteiger partial charge in [0.2, 0.25) is 5.91 Å². The Labute approximate surface area is 110 Å². The number of carbonyl (C=O) groups is 1. The van der Waals surface area contributed by atoms with E-state index in [1.807, 2.05) is 12.1 Å². The fourth-order valence-corrected chi connectivity index (χ4v) is 2.53. The molecular formula is C12H14Cl2N2O. The monoisotopic (exact) mass is 272 g/mol. The maximum atomic E-state index is 11.4. The largest absolute Gasteiger partial charge is 0.354 e. The molecule has 2 atom stereocenters. The van der Waals surface area contributed by atoms with Crippen LogP contribution in [0.3, 0.4) is 0 Å². The maximum absolute atomic E-state index is 11.4. The Bertz CT molecular complexity index is 437. The van der Waals surface area contributed by atoms with Crippen LogP contribution in [0.1, 0.15) is 24.3 Å². The van der Waals surface area contributed by atoms with Crippen LogP contribution in [0, 0.1) is 0 Å². The highest BCUT2D eigenvalue weighted by Crippen LogP contribution is 2.33. The zero-order valence-corrected chi connectivity index (χ0v) is 10.8. The molecule has 2 unspecified atom stereocenters. The van der Waals surface area contributed by atoms with Crippen molar-refractivity contribution in [3.8, 4) is 0 Å². The second kappa shape index (κ2) is 5.25. The van der Waals surface area contributed by atoms with Crippen LogP contribution in [0.5, 0.6) is 0 Å². The molecule has 1 fully saturated rings. The molecule has 2 rings (SSSR count). The zero-order chi connectivity index (χ0) is 12.4. The highest BCUT2D eigenvalue weighted by molar-refractivity contribution is 6.42. The molecule has 1 aliphatic rings. The Balaban J connectivity index is 2.22. The number of nitrogens with two attached hydrogens (primary N) is 1. The smallest absolute Gasteiger partial charge is 0.236 e. The topological polar surface area (TPSA) is 55.1 Å². The first kappa shape index (κ1) is 12.7. The molecule has 1 aliphatic heterocycles. The lowest BCUT2D eigenvalue weighted by molar-refractivity contribution is -0.122. The van der Waals surface area contributed by atoms with Crippen LogP contribution in [0.25, 0.3) is 0 Å². The van der Waals surface area contributed by atoms with Gasteiger partial charge in [-0.05, 0) is 24.5 Å². The molecule has 0 saturated carbocycles. The van der Waals surface area contributed by atoms with Crippen molar-refractivity contribution in [3.63, 3.8) is 0 Å². The number of nitrogens with one attached hydrogen (secondary N) is 1. The summed E-state index contributed by atoms with van der Waals surface area (Å²) in [6.45, 7) is 0.562. The van der Waals surface area contributed by atoms with Gasteiger partial charge in [-0.3, -0.25) is 4.79 Å². The molecule has 5 heteroatoms. The minimum atomic E-state index is -0.419. The van der Waals surface area contributed by atoms with Crippen LogP contribution in [0.4, 0.5) is 0 Å². The van der Waals surface area contributed by atoms with Gasteiger partial charge < -0.3 is 11.1 Å². The molecule has 1 amide bonds. The third-order valence-corrected chi connectivity index (χ3v) is 3.94.